The Morgan fingerprint density at radius 1 is 1.00 bits per heavy atom. The molecule has 0 saturated carbocycles. The molecule has 1 aromatic heterocycles. The SMILES string of the molecule is c1ccc(-c2ccccc2CN2CCNCC2)nc1. The van der Waals surface area contributed by atoms with Crippen LogP contribution in [0.4, 0.5) is 0 Å². The fourth-order valence-electron chi connectivity index (χ4n) is 2.54. The Balaban J connectivity index is 1.85. The molecule has 1 aliphatic heterocycles. The fraction of sp³-hybridized carbons (Fsp3) is 0.312. The molecule has 19 heavy (non-hydrogen) atoms. The first kappa shape index (κ1) is 12.3. The molecule has 1 aliphatic rings. The third-order valence-corrected chi connectivity index (χ3v) is 3.56. The average Bonchev–Trinajstić information content (AvgIpc) is 2.50. The molecule has 2 aromatic rings. The highest BCUT2D eigenvalue weighted by Gasteiger charge is 2.12. The summed E-state index contributed by atoms with van der Waals surface area (Å²) in [6.07, 6.45) is 1.86. The lowest BCUT2D eigenvalue weighted by molar-refractivity contribution is 0.233. The molecule has 0 radical (unpaired) electrons. The lowest BCUT2D eigenvalue weighted by Gasteiger charge is -2.27. The Bertz CT molecular complexity index is 519. The van der Waals surface area contributed by atoms with Crippen LogP contribution in [0.3, 0.4) is 0 Å². The van der Waals surface area contributed by atoms with Gasteiger partial charge in [-0.2, -0.15) is 0 Å². The normalized spacial score (nSPS) is 16.4. The number of piperazine rings is 1. The molecular formula is C16H19N3. The minimum Gasteiger partial charge on any atom is -0.314 e. The van der Waals surface area contributed by atoms with E-state index in [1.165, 1.54) is 11.1 Å². The Morgan fingerprint density at radius 3 is 2.58 bits per heavy atom. The van der Waals surface area contributed by atoms with Crippen molar-refractivity contribution >= 4 is 0 Å². The van der Waals surface area contributed by atoms with Gasteiger partial charge < -0.3 is 5.32 Å². The van der Waals surface area contributed by atoms with Crippen LogP contribution in [0.5, 0.6) is 0 Å². The van der Waals surface area contributed by atoms with Crippen LogP contribution < -0.4 is 5.32 Å². The number of rotatable bonds is 3. The van der Waals surface area contributed by atoms with Crippen molar-refractivity contribution in [3.05, 3.63) is 54.2 Å². The predicted molar refractivity (Wildman–Crippen MR) is 77.8 cm³/mol. The van der Waals surface area contributed by atoms with Gasteiger partial charge in [0, 0.05) is 44.5 Å². The van der Waals surface area contributed by atoms with Crippen LogP contribution in [-0.2, 0) is 6.54 Å². The van der Waals surface area contributed by atoms with Crippen molar-refractivity contribution in [1.82, 2.24) is 15.2 Å². The van der Waals surface area contributed by atoms with E-state index in [0.29, 0.717) is 0 Å². The molecule has 2 heterocycles. The van der Waals surface area contributed by atoms with Gasteiger partial charge in [0.25, 0.3) is 0 Å². The third-order valence-electron chi connectivity index (χ3n) is 3.56. The van der Waals surface area contributed by atoms with Crippen LogP contribution in [0.25, 0.3) is 11.3 Å². The minimum atomic E-state index is 1.01. The predicted octanol–water partition coefficient (Wildman–Crippen LogP) is 2.15. The summed E-state index contributed by atoms with van der Waals surface area (Å²) in [4.78, 5) is 6.97. The van der Waals surface area contributed by atoms with E-state index in [1.807, 2.05) is 18.3 Å². The van der Waals surface area contributed by atoms with Crippen molar-refractivity contribution in [2.24, 2.45) is 0 Å². The van der Waals surface area contributed by atoms with Gasteiger partial charge in [0.15, 0.2) is 0 Å². The molecule has 0 amide bonds. The van der Waals surface area contributed by atoms with Crippen LogP contribution in [0, 0.1) is 0 Å². The van der Waals surface area contributed by atoms with Crippen LogP contribution in [0.2, 0.25) is 0 Å². The first-order valence-electron chi connectivity index (χ1n) is 6.86. The maximum atomic E-state index is 4.47. The molecule has 1 saturated heterocycles. The average molecular weight is 253 g/mol. The van der Waals surface area contributed by atoms with Gasteiger partial charge in [-0.25, -0.2) is 0 Å². The van der Waals surface area contributed by atoms with Gasteiger partial charge in [0.1, 0.15) is 0 Å². The number of hydrogen-bond donors (Lipinski definition) is 1. The largest absolute Gasteiger partial charge is 0.314 e. The molecule has 1 fully saturated rings. The monoisotopic (exact) mass is 253 g/mol. The molecule has 0 aliphatic carbocycles. The molecule has 0 bridgehead atoms. The number of aromatic nitrogens is 1. The summed E-state index contributed by atoms with van der Waals surface area (Å²) in [6, 6.07) is 14.7. The van der Waals surface area contributed by atoms with E-state index in [0.717, 1.165) is 38.4 Å². The smallest absolute Gasteiger partial charge is 0.0705 e. The van der Waals surface area contributed by atoms with Crippen LogP contribution in [-0.4, -0.2) is 36.1 Å². The van der Waals surface area contributed by atoms with Gasteiger partial charge in [0.05, 0.1) is 5.69 Å². The summed E-state index contributed by atoms with van der Waals surface area (Å²) in [6.45, 7) is 5.43. The van der Waals surface area contributed by atoms with E-state index >= 15 is 0 Å². The third kappa shape index (κ3) is 3.00. The van der Waals surface area contributed by atoms with Crippen molar-refractivity contribution < 1.29 is 0 Å². The molecule has 98 valence electrons. The van der Waals surface area contributed by atoms with Crippen LogP contribution in [0.1, 0.15) is 5.56 Å². The van der Waals surface area contributed by atoms with E-state index < -0.39 is 0 Å². The van der Waals surface area contributed by atoms with Gasteiger partial charge in [-0.3, -0.25) is 9.88 Å². The zero-order chi connectivity index (χ0) is 12.9. The quantitative estimate of drug-likeness (QED) is 0.908. The van der Waals surface area contributed by atoms with Gasteiger partial charge in [-0.05, 0) is 17.7 Å². The first-order valence-corrected chi connectivity index (χ1v) is 6.86. The number of nitrogens with one attached hydrogen (secondary N) is 1. The second-order valence-corrected chi connectivity index (χ2v) is 4.90. The van der Waals surface area contributed by atoms with E-state index in [-0.39, 0.29) is 0 Å². The lowest BCUT2D eigenvalue weighted by Crippen LogP contribution is -2.42. The maximum Gasteiger partial charge on any atom is 0.0705 e. The van der Waals surface area contributed by atoms with Gasteiger partial charge >= 0.3 is 0 Å². The molecule has 0 atom stereocenters. The highest BCUT2D eigenvalue weighted by Crippen LogP contribution is 2.22. The fourth-order valence-corrected chi connectivity index (χ4v) is 2.54. The Hall–Kier alpha value is -1.71. The summed E-state index contributed by atoms with van der Waals surface area (Å²) in [5.41, 5.74) is 3.68. The highest BCUT2D eigenvalue weighted by molar-refractivity contribution is 5.63. The van der Waals surface area contributed by atoms with Gasteiger partial charge in [-0.1, -0.05) is 30.3 Å². The molecule has 3 heteroatoms. The van der Waals surface area contributed by atoms with E-state index in [2.05, 4.69) is 45.5 Å². The number of hydrogen-bond acceptors (Lipinski definition) is 3. The molecule has 1 N–H and O–H groups in total. The van der Waals surface area contributed by atoms with Crippen molar-refractivity contribution in [1.29, 1.82) is 0 Å². The summed E-state index contributed by atoms with van der Waals surface area (Å²) in [5, 5.41) is 3.39. The van der Waals surface area contributed by atoms with Crippen molar-refractivity contribution in [2.45, 2.75) is 6.54 Å². The van der Waals surface area contributed by atoms with Crippen molar-refractivity contribution in [3.8, 4) is 11.3 Å². The maximum absolute atomic E-state index is 4.47. The zero-order valence-corrected chi connectivity index (χ0v) is 11.0. The second-order valence-electron chi connectivity index (χ2n) is 4.90. The Labute approximate surface area is 114 Å². The van der Waals surface area contributed by atoms with Crippen molar-refractivity contribution in [3.63, 3.8) is 0 Å². The van der Waals surface area contributed by atoms with Gasteiger partial charge in [0.2, 0.25) is 0 Å². The first-order chi connectivity index (χ1) is 9.43. The van der Waals surface area contributed by atoms with Crippen LogP contribution in [0.15, 0.2) is 48.7 Å². The number of benzene rings is 1. The zero-order valence-electron chi connectivity index (χ0n) is 11.0. The Morgan fingerprint density at radius 2 is 1.79 bits per heavy atom. The van der Waals surface area contributed by atoms with E-state index in [1.54, 1.807) is 0 Å². The standard InChI is InChI=1S/C16H19N3/c1-2-6-15(16-7-3-4-8-18-16)14(5-1)13-19-11-9-17-10-12-19/h1-8,17H,9-13H2. The van der Waals surface area contributed by atoms with Gasteiger partial charge in [-0.15, -0.1) is 0 Å². The molecule has 3 nitrogen and oxygen atoms in total. The Kier molecular flexibility index (Phi) is 3.86. The second kappa shape index (κ2) is 5.95. The topological polar surface area (TPSA) is 28.2 Å². The van der Waals surface area contributed by atoms with Crippen LogP contribution >= 0.6 is 0 Å². The lowest BCUT2D eigenvalue weighted by atomic mass is 10.0. The summed E-state index contributed by atoms with van der Waals surface area (Å²) in [7, 11) is 0. The summed E-state index contributed by atoms with van der Waals surface area (Å²) < 4.78 is 0. The number of pyridine rings is 1. The highest BCUT2D eigenvalue weighted by atomic mass is 15.2. The molecule has 3 rings (SSSR count). The summed E-state index contributed by atoms with van der Waals surface area (Å²) in [5.74, 6) is 0. The molecule has 0 unspecified atom stereocenters. The minimum absolute atomic E-state index is 1.01. The van der Waals surface area contributed by atoms with E-state index in [4.69, 9.17) is 0 Å². The molecule has 1 aromatic carbocycles. The molecule has 0 spiro atoms. The number of nitrogens with zero attached hydrogens (tertiary/aromatic N) is 2. The summed E-state index contributed by atoms with van der Waals surface area (Å²) >= 11 is 0. The van der Waals surface area contributed by atoms with Crippen molar-refractivity contribution in [2.75, 3.05) is 26.2 Å². The molecular weight excluding hydrogens is 234 g/mol. The van der Waals surface area contributed by atoms with E-state index in [9.17, 15) is 0 Å².